The van der Waals surface area contributed by atoms with Crippen molar-refractivity contribution in [1.82, 2.24) is 19.1 Å². The second-order valence-corrected chi connectivity index (χ2v) is 11.8. The molecule has 4 aromatic rings. The van der Waals surface area contributed by atoms with Crippen LogP contribution in [0.25, 0.3) is 24.3 Å². The van der Waals surface area contributed by atoms with Crippen LogP contribution < -0.4 is 21.4 Å². The zero-order valence-corrected chi connectivity index (χ0v) is 27.9. The first-order valence-corrected chi connectivity index (χ1v) is 16.6. The Morgan fingerprint density at radius 2 is 0.548 bits per heavy atom. The lowest BCUT2D eigenvalue weighted by Gasteiger charge is -2.04. The van der Waals surface area contributed by atoms with Crippen molar-refractivity contribution in [3.05, 3.63) is 88.7 Å². The summed E-state index contributed by atoms with van der Waals surface area (Å²) in [6, 6.07) is 0. The molecule has 4 nitrogen and oxygen atoms in total. The molecule has 0 radical (unpaired) electrons. The van der Waals surface area contributed by atoms with E-state index in [2.05, 4.69) is 113 Å². The molecule has 2 N–H and O–H groups in total. The van der Waals surface area contributed by atoms with Crippen LogP contribution >= 0.6 is 0 Å². The number of rotatable bonds is 8. The summed E-state index contributed by atoms with van der Waals surface area (Å²) in [5.41, 5.74) is 17.0. The van der Waals surface area contributed by atoms with Gasteiger partial charge in [0, 0.05) is 58.3 Å². The van der Waals surface area contributed by atoms with Crippen molar-refractivity contribution in [2.24, 2.45) is 14.1 Å². The van der Waals surface area contributed by atoms with E-state index in [-0.39, 0.29) is 0 Å². The second kappa shape index (κ2) is 12.1. The number of fused-ring (bicyclic) bond motifs is 8. The number of aromatic amines is 2. The fourth-order valence-electron chi connectivity index (χ4n) is 7.90. The van der Waals surface area contributed by atoms with Gasteiger partial charge in [0.25, 0.3) is 0 Å². The van der Waals surface area contributed by atoms with Crippen molar-refractivity contribution in [3.63, 3.8) is 0 Å². The maximum absolute atomic E-state index is 3.94. The van der Waals surface area contributed by atoms with Gasteiger partial charge in [-0.25, -0.2) is 0 Å². The first-order valence-electron chi connectivity index (χ1n) is 16.6. The van der Waals surface area contributed by atoms with Crippen molar-refractivity contribution in [2.75, 3.05) is 0 Å². The highest BCUT2D eigenvalue weighted by Gasteiger charge is 2.20. The topological polar surface area (TPSA) is 41.4 Å². The molecule has 0 unspecified atom stereocenters. The van der Waals surface area contributed by atoms with Crippen molar-refractivity contribution in [3.8, 4) is 0 Å². The van der Waals surface area contributed by atoms with Crippen LogP contribution in [0.1, 0.15) is 123 Å². The Labute approximate surface area is 252 Å². The third-order valence-electron chi connectivity index (χ3n) is 9.93. The molecule has 0 atom stereocenters. The first-order chi connectivity index (χ1) is 20.3. The predicted molar refractivity (Wildman–Crippen MR) is 180 cm³/mol. The van der Waals surface area contributed by atoms with Crippen molar-refractivity contribution >= 4 is 24.3 Å². The number of nitrogens with zero attached hydrogens (tertiary/aromatic N) is 2. The van der Waals surface area contributed by atoms with Crippen molar-refractivity contribution in [2.45, 2.75) is 107 Å². The molecule has 0 fully saturated rings. The highest BCUT2D eigenvalue weighted by atomic mass is 15.0. The maximum Gasteiger partial charge on any atom is 0.0465 e. The van der Waals surface area contributed by atoms with Gasteiger partial charge in [0.2, 0.25) is 0 Å². The van der Waals surface area contributed by atoms with Gasteiger partial charge < -0.3 is 19.1 Å². The van der Waals surface area contributed by atoms with Crippen LogP contribution in [0, 0.1) is 0 Å². The largest absolute Gasteiger partial charge is 0.355 e. The molecule has 0 spiro atoms. The van der Waals surface area contributed by atoms with Crippen LogP contribution in [0.4, 0.5) is 0 Å². The molecule has 0 aromatic carbocycles. The molecule has 4 aromatic heterocycles. The molecule has 4 heteroatoms. The quantitative estimate of drug-likeness (QED) is 0.262. The Hall–Kier alpha value is -3.40. The van der Waals surface area contributed by atoms with E-state index in [1.807, 2.05) is 0 Å². The Kier molecular flexibility index (Phi) is 8.64. The van der Waals surface area contributed by atoms with Gasteiger partial charge in [0.15, 0.2) is 0 Å². The molecule has 5 rings (SSSR count). The lowest BCUT2D eigenvalue weighted by Crippen LogP contribution is -2.16. The molecule has 5 heterocycles. The van der Waals surface area contributed by atoms with E-state index in [0.717, 1.165) is 51.4 Å². The zero-order chi connectivity index (χ0) is 30.3. The zero-order valence-electron chi connectivity index (χ0n) is 27.9. The van der Waals surface area contributed by atoms with Crippen LogP contribution in [-0.4, -0.2) is 19.1 Å². The summed E-state index contributed by atoms with van der Waals surface area (Å²) in [6.45, 7) is 18.4. The van der Waals surface area contributed by atoms with E-state index in [4.69, 9.17) is 0 Å². The predicted octanol–water partition coefficient (Wildman–Crippen LogP) is 5.15. The Morgan fingerprint density at radius 3 is 0.714 bits per heavy atom. The van der Waals surface area contributed by atoms with Crippen LogP contribution in [0.5, 0.6) is 0 Å². The van der Waals surface area contributed by atoms with E-state index in [9.17, 15) is 0 Å². The van der Waals surface area contributed by atoms with Crippen LogP contribution in [0.2, 0.25) is 0 Å². The van der Waals surface area contributed by atoms with E-state index in [1.54, 1.807) is 0 Å². The van der Waals surface area contributed by atoms with Gasteiger partial charge in [-0.15, -0.1) is 0 Å². The molecular weight excluding hydrogens is 512 g/mol. The van der Waals surface area contributed by atoms with Crippen molar-refractivity contribution in [1.29, 1.82) is 0 Å². The Balaban J connectivity index is 2.07. The van der Waals surface area contributed by atoms with E-state index < -0.39 is 0 Å². The molecule has 42 heavy (non-hydrogen) atoms. The summed E-state index contributed by atoms with van der Waals surface area (Å²) < 4.78 is 4.89. The third kappa shape index (κ3) is 4.58. The number of hydrogen-bond donors (Lipinski definition) is 2. The SMILES string of the molecule is CCc1c(CC)c2n(C)c1/C=c1\[nH]/c(c(CC)c1CC)=C\c1c(CC)c(CC)c(n1C)/C=c1\[nH]/c(c(CC)c1CC)=C\2. The third-order valence-corrected chi connectivity index (χ3v) is 9.93. The van der Waals surface area contributed by atoms with E-state index in [1.165, 1.54) is 88.7 Å². The fourth-order valence-corrected chi connectivity index (χ4v) is 7.90. The molecular formula is C38H52N4. The Bertz CT molecular complexity index is 1610. The van der Waals surface area contributed by atoms with Crippen LogP contribution in [-0.2, 0) is 65.5 Å². The van der Waals surface area contributed by atoms with Gasteiger partial charge in [-0.2, -0.15) is 0 Å². The summed E-state index contributed by atoms with van der Waals surface area (Å²) in [5.74, 6) is 0. The van der Waals surface area contributed by atoms with Crippen LogP contribution in [0.15, 0.2) is 0 Å². The van der Waals surface area contributed by atoms with Gasteiger partial charge in [0.05, 0.1) is 0 Å². The lowest BCUT2D eigenvalue weighted by molar-refractivity contribution is 0.884. The second-order valence-electron chi connectivity index (χ2n) is 11.8. The fraction of sp³-hybridized carbons (Fsp3) is 0.474. The molecule has 0 saturated carbocycles. The standard InChI is InChI=1S/C38H52N4/c1-11-23-24(12-2)32-20-36-29(17-7)30(18-8)38(42(36)10)22-34-26(14-4)25(13-3)33(40-34)21-37-28(16-6)27(15-5)35(41(37)9)19-31(23)39-32/h19-22,39-40H,11-18H2,1-10H3/b31-19-,32-20-,33-21-,34-22-,35-19?,36-20?,37-21?,38-22?. The monoisotopic (exact) mass is 564 g/mol. The molecule has 0 amide bonds. The summed E-state index contributed by atoms with van der Waals surface area (Å²) in [7, 11) is 4.52. The summed E-state index contributed by atoms with van der Waals surface area (Å²) >= 11 is 0. The normalized spacial score (nSPS) is 15.9. The summed E-state index contributed by atoms with van der Waals surface area (Å²) in [5, 5.41) is 5.04. The minimum absolute atomic E-state index is 1.02. The number of H-pyrrole nitrogens is 2. The minimum atomic E-state index is 1.02. The number of aromatic nitrogens is 4. The minimum Gasteiger partial charge on any atom is -0.355 e. The van der Waals surface area contributed by atoms with Crippen LogP contribution in [0.3, 0.4) is 0 Å². The highest BCUT2D eigenvalue weighted by molar-refractivity contribution is 5.67. The van der Waals surface area contributed by atoms with Gasteiger partial charge in [-0.3, -0.25) is 0 Å². The number of nitrogens with one attached hydrogen (secondary N) is 2. The maximum atomic E-state index is 3.94. The molecule has 1 aliphatic heterocycles. The molecule has 0 aliphatic carbocycles. The van der Waals surface area contributed by atoms with Gasteiger partial charge >= 0.3 is 0 Å². The first kappa shape index (κ1) is 30.1. The van der Waals surface area contributed by atoms with Gasteiger partial charge in [-0.1, -0.05) is 55.4 Å². The highest BCUT2D eigenvalue weighted by Crippen LogP contribution is 2.27. The summed E-state index contributed by atoms with van der Waals surface area (Å²) in [4.78, 5) is 7.87. The van der Waals surface area contributed by atoms with Crippen molar-refractivity contribution < 1.29 is 0 Å². The van der Waals surface area contributed by atoms with Gasteiger partial charge in [0.1, 0.15) is 0 Å². The average Bonchev–Trinajstić information content (AvgIpc) is 3.67. The van der Waals surface area contributed by atoms with E-state index in [0.29, 0.717) is 0 Å². The molecule has 224 valence electrons. The van der Waals surface area contributed by atoms with E-state index >= 15 is 0 Å². The average molecular weight is 565 g/mol. The van der Waals surface area contributed by atoms with Gasteiger partial charge in [-0.05, 0) is 120 Å². The molecule has 0 saturated heterocycles. The molecule has 8 bridgehead atoms. The lowest BCUT2D eigenvalue weighted by atomic mass is 10.0. The smallest absolute Gasteiger partial charge is 0.0465 e. The summed E-state index contributed by atoms with van der Waals surface area (Å²) in [6.07, 6.45) is 17.9. The Morgan fingerprint density at radius 1 is 0.357 bits per heavy atom. The molecule has 1 aliphatic rings. The number of hydrogen-bond acceptors (Lipinski definition) is 0.